The lowest BCUT2D eigenvalue weighted by Crippen LogP contribution is -2.03. The minimum atomic E-state index is -1.15. The number of fused-ring (bicyclic) bond motifs is 1. The number of Topliss-reactive ketones (excluding diaryl/α,β-unsaturated/α-hetero) is 1. The molecule has 124 valence electrons. The fourth-order valence-electron chi connectivity index (χ4n) is 2.56. The van der Waals surface area contributed by atoms with Crippen molar-refractivity contribution in [3.05, 3.63) is 65.6 Å². The molecule has 0 fully saturated rings. The van der Waals surface area contributed by atoms with Crippen molar-refractivity contribution >= 4 is 22.2 Å². The van der Waals surface area contributed by atoms with Crippen LogP contribution in [0.5, 0.6) is 5.75 Å². The van der Waals surface area contributed by atoms with Crippen LogP contribution in [0.15, 0.2) is 48.8 Å². The molecule has 0 saturated carbocycles. The third kappa shape index (κ3) is 3.54. The zero-order chi connectivity index (χ0) is 17.1. The van der Waals surface area contributed by atoms with Crippen LogP contribution < -0.4 is 4.74 Å². The number of pyridine rings is 1. The highest BCUT2D eigenvalue weighted by molar-refractivity contribution is 7.83. The Morgan fingerprint density at radius 3 is 2.79 bits per heavy atom. The molecule has 24 heavy (non-hydrogen) atoms. The first-order valence-electron chi connectivity index (χ1n) is 7.52. The fourth-order valence-corrected chi connectivity index (χ4v) is 3.70. The van der Waals surface area contributed by atoms with Crippen molar-refractivity contribution in [2.45, 2.75) is 18.4 Å². The summed E-state index contributed by atoms with van der Waals surface area (Å²) in [5.74, 6) is 1.29. The number of ketones is 1. The van der Waals surface area contributed by atoms with Crippen molar-refractivity contribution in [2.75, 3.05) is 7.11 Å². The SMILES string of the molecule is COc1ccc(C(C)=O)cc1C[S@@](=O)Cc1cn2ccccc2n1. The van der Waals surface area contributed by atoms with E-state index in [-0.39, 0.29) is 5.78 Å². The maximum absolute atomic E-state index is 12.5. The summed E-state index contributed by atoms with van der Waals surface area (Å²) in [7, 11) is 0.418. The Labute approximate surface area is 142 Å². The molecule has 0 bridgehead atoms. The highest BCUT2D eigenvalue weighted by atomic mass is 32.2. The average Bonchev–Trinajstić information content (AvgIpc) is 2.96. The summed E-state index contributed by atoms with van der Waals surface area (Å²) < 4.78 is 19.7. The van der Waals surface area contributed by atoms with Gasteiger partial charge in [0.2, 0.25) is 0 Å². The van der Waals surface area contributed by atoms with E-state index in [1.165, 1.54) is 6.92 Å². The summed E-state index contributed by atoms with van der Waals surface area (Å²) in [6.07, 6.45) is 3.80. The normalized spacial score (nSPS) is 12.2. The summed E-state index contributed by atoms with van der Waals surface area (Å²) >= 11 is 0. The Kier molecular flexibility index (Phi) is 4.76. The number of hydrogen-bond donors (Lipinski definition) is 0. The summed E-state index contributed by atoms with van der Waals surface area (Å²) in [6.45, 7) is 1.51. The second kappa shape index (κ2) is 6.97. The second-order valence-electron chi connectivity index (χ2n) is 5.51. The van der Waals surface area contributed by atoms with Crippen LogP contribution in [0, 0.1) is 0 Å². The molecule has 2 heterocycles. The molecule has 5 nitrogen and oxygen atoms in total. The molecule has 0 aliphatic rings. The molecule has 0 saturated heterocycles. The van der Waals surface area contributed by atoms with Crippen molar-refractivity contribution < 1.29 is 13.7 Å². The standard InChI is InChI=1S/C18H18N2O3S/c1-13(21)14-6-7-17(23-2)15(9-14)11-24(22)12-16-10-20-8-4-3-5-18(20)19-16/h3-10H,11-12H2,1-2H3/t24-/m1/s1. The van der Waals surface area contributed by atoms with Gasteiger partial charge in [-0.25, -0.2) is 4.98 Å². The summed E-state index contributed by atoms with van der Waals surface area (Å²) in [6, 6.07) is 11.0. The van der Waals surface area contributed by atoms with E-state index in [0.29, 0.717) is 22.8 Å². The van der Waals surface area contributed by atoms with Gasteiger partial charge in [0.05, 0.1) is 24.3 Å². The third-order valence-electron chi connectivity index (χ3n) is 3.73. The van der Waals surface area contributed by atoms with Crippen molar-refractivity contribution in [1.29, 1.82) is 0 Å². The summed E-state index contributed by atoms with van der Waals surface area (Å²) in [5.41, 5.74) is 2.98. The van der Waals surface area contributed by atoms with Crippen LogP contribution in [0.1, 0.15) is 28.5 Å². The lowest BCUT2D eigenvalue weighted by Gasteiger charge is -2.09. The van der Waals surface area contributed by atoms with Gasteiger partial charge in [-0.3, -0.25) is 9.00 Å². The number of rotatable bonds is 6. The van der Waals surface area contributed by atoms with Crippen LogP contribution in [0.3, 0.4) is 0 Å². The number of ether oxygens (including phenoxy) is 1. The van der Waals surface area contributed by atoms with Gasteiger partial charge in [0.1, 0.15) is 11.4 Å². The third-order valence-corrected chi connectivity index (χ3v) is 4.98. The minimum absolute atomic E-state index is 0.0231. The van der Waals surface area contributed by atoms with Gasteiger partial charge in [-0.15, -0.1) is 0 Å². The predicted octanol–water partition coefficient (Wildman–Crippen LogP) is 2.99. The molecule has 0 radical (unpaired) electrons. The smallest absolute Gasteiger partial charge is 0.159 e. The van der Waals surface area contributed by atoms with E-state index in [0.717, 1.165) is 16.9 Å². The molecule has 2 aromatic heterocycles. The summed E-state index contributed by atoms with van der Waals surface area (Å²) in [4.78, 5) is 16.0. The highest BCUT2D eigenvalue weighted by Crippen LogP contribution is 2.22. The second-order valence-corrected chi connectivity index (χ2v) is 6.97. The lowest BCUT2D eigenvalue weighted by atomic mass is 10.1. The molecule has 1 aromatic carbocycles. The van der Waals surface area contributed by atoms with E-state index < -0.39 is 10.8 Å². The molecule has 0 N–H and O–H groups in total. The first-order valence-corrected chi connectivity index (χ1v) is 9.01. The van der Waals surface area contributed by atoms with Gasteiger partial charge in [0, 0.05) is 34.3 Å². The monoisotopic (exact) mass is 342 g/mol. The Hall–Kier alpha value is -2.47. The van der Waals surface area contributed by atoms with Crippen LogP contribution in [0.2, 0.25) is 0 Å². The van der Waals surface area contributed by atoms with Gasteiger partial charge in [-0.2, -0.15) is 0 Å². The van der Waals surface area contributed by atoms with Crippen molar-refractivity contribution in [2.24, 2.45) is 0 Å². The van der Waals surface area contributed by atoms with Gasteiger partial charge in [0.25, 0.3) is 0 Å². The number of carbonyl (C=O) groups excluding carboxylic acids is 1. The number of hydrogen-bond acceptors (Lipinski definition) is 4. The molecule has 1 atom stereocenters. The van der Waals surface area contributed by atoms with E-state index in [4.69, 9.17) is 4.74 Å². The predicted molar refractivity (Wildman–Crippen MR) is 93.7 cm³/mol. The Morgan fingerprint density at radius 1 is 1.25 bits per heavy atom. The molecular formula is C18H18N2O3S. The van der Waals surface area contributed by atoms with Gasteiger partial charge >= 0.3 is 0 Å². The van der Waals surface area contributed by atoms with Crippen LogP contribution in [0.4, 0.5) is 0 Å². The number of methoxy groups -OCH3 is 1. The molecular weight excluding hydrogens is 324 g/mol. The van der Waals surface area contributed by atoms with E-state index in [1.54, 1.807) is 25.3 Å². The molecule has 0 aliphatic carbocycles. The van der Waals surface area contributed by atoms with E-state index in [2.05, 4.69) is 4.98 Å². The van der Waals surface area contributed by atoms with E-state index in [1.807, 2.05) is 35.0 Å². The van der Waals surface area contributed by atoms with Crippen LogP contribution in [0.25, 0.3) is 5.65 Å². The molecule has 6 heteroatoms. The van der Waals surface area contributed by atoms with Crippen molar-refractivity contribution in [3.8, 4) is 5.75 Å². The van der Waals surface area contributed by atoms with Gasteiger partial charge in [-0.05, 0) is 37.3 Å². The topological polar surface area (TPSA) is 60.7 Å². The van der Waals surface area contributed by atoms with Crippen LogP contribution in [-0.4, -0.2) is 26.5 Å². The maximum Gasteiger partial charge on any atom is 0.159 e. The van der Waals surface area contributed by atoms with Gasteiger partial charge in [-0.1, -0.05) is 6.07 Å². The van der Waals surface area contributed by atoms with Crippen LogP contribution >= 0.6 is 0 Å². The molecule has 0 unspecified atom stereocenters. The number of carbonyl (C=O) groups is 1. The maximum atomic E-state index is 12.5. The molecule has 0 aliphatic heterocycles. The molecule has 0 spiro atoms. The molecule has 0 amide bonds. The number of imidazole rings is 1. The summed E-state index contributed by atoms with van der Waals surface area (Å²) in [5, 5.41) is 0. The Balaban J connectivity index is 1.78. The lowest BCUT2D eigenvalue weighted by molar-refractivity contribution is 0.101. The Morgan fingerprint density at radius 2 is 2.08 bits per heavy atom. The first kappa shape index (κ1) is 16.4. The van der Waals surface area contributed by atoms with Crippen molar-refractivity contribution in [1.82, 2.24) is 9.38 Å². The average molecular weight is 342 g/mol. The fraction of sp³-hybridized carbons (Fsp3) is 0.222. The largest absolute Gasteiger partial charge is 0.496 e. The zero-order valence-corrected chi connectivity index (χ0v) is 14.4. The van der Waals surface area contributed by atoms with Gasteiger partial charge < -0.3 is 9.14 Å². The quantitative estimate of drug-likeness (QED) is 0.646. The van der Waals surface area contributed by atoms with E-state index >= 15 is 0 Å². The van der Waals surface area contributed by atoms with Gasteiger partial charge in [0.15, 0.2) is 5.78 Å². The first-order chi connectivity index (χ1) is 11.6. The molecule has 3 aromatic rings. The minimum Gasteiger partial charge on any atom is -0.496 e. The van der Waals surface area contributed by atoms with Crippen molar-refractivity contribution in [3.63, 3.8) is 0 Å². The highest BCUT2D eigenvalue weighted by Gasteiger charge is 2.12. The number of nitrogens with zero attached hydrogens (tertiary/aromatic N) is 2. The number of benzene rings is 1. The van der Waals surface area contributed by atoms with Crippen LogP contribution in [-0.2, 0) is 22.3 Å². The number of aromatic nitrogens is 2. The van der Waals surface area contributed by atoms with E-state index in [9.17, 15) is 9.00 Å². The molecule has 3 rings (SSSR count). The Bertz CT molecular complexity index is 885. The zero-order valence-electron chi connectivity index (χ0n) is 13.6.